The molecule has 2 rings (SSSR count). The summed E-state index contributed by atoms with van der Waals surface area (Å²) in [7, 11) is 4.03. The number of rotatable bonds is 4. The lowest BCUT2D eigenvalue weighted by molar-refractivity contribution is -0.142. The molecular weight excluding hydrogens is 240 g/mol. The van der Waals surface area contributed by atoms with Gasteiger partial charge in [0.1, 0.15) is 0 Å². The zero-order valence-corrected chi connectivity index (χ0v) is 11.6. The fourth-order valence-electron chi connectivity index (χ4n) is 2.75. The Labute approximate surface area is 114 Å². The summed E-state index contributed by atoms with van der Waals surface area (Å²) in [4.78, 5) is 13.2. The molecule has 0 aromatic heterocycles. The molecule has 0 bridgehead atoms. The second-order valence-electron chi connectivity index (χ2n) is 5.45. The highest BCUT2D eigenvalue weighted by molar-refractivity contribution is 5.71. The van der Waals surface area contributed by atoms with Gasteiger partial charge in [-0.05, 0) is 31.4 Å². The standard InChI is InChI=1S/C15H22N2O2/c1-17(2)14-9-4-3-8-13(14)16-12-7-5-6-11(10-12)15(18)19/h3-4,8-9,11-12,16H,5-7,10H2,1-2H3,(H,18,19). The topological polar surface area (TPSA) is 52.6 Å². The number of aliphatic carboxylic acids is 1. The van der Waals surface area contributed by atoms with Crippen LogP contribution in [0.15, 0.2) is 24.3 Å². The molecule has 104 valence electrons. The lowest BCUT2D eigenvalue weighted by Crippen LogP contribution is -2.31. The molecule has 0 radical (unpaired) electrons. The number of carboxylic acid groups (broad SMARTS) is 1. The summed E-state index contributed by atoms with van der Waals surface area (Å²) in [6.07, 6.45) is 3.56. The Morgan fingerprint density at radius 3 is 2.74 bits per heavy atom. The van der Waals surface area contributed by atoms with Gasteiger partial charge >= 0.3 is 5.97 Å². The number of nitrogens with zero attached hydrogens (tertiary/aromatic N) is 1. The van der Waals surface area contributed by atoms with Gasteiger partial charge < -0.3 is 15.3 Å². The maximum Gasteiger partial charge on any atom is 0.306 e. The molecule has 2 N–H and O–H groups in total. The monoisotopic (exact) mass is 262 g/mol. The number of hydrogen-bond donors (Lipinski definition) is 2. The zero-order chi connectivity index (χ0) is 13.8. The third-order valence-corrected chi connectivity index (χ3v) is 3.77. The van der Waals surface area contributed by atoms with Crippen molar-refractivity contribution >= 4 is 17.3 Å². The number of benzene rings is 1. The molecule has 4 nitrogen and oxygen atoms in total. The van der Waals surface area contributed by atoms with Crippen molar-refractivity contribution in [3.63, 3.8) is 0 Å². The highest BCUT2D eigenvalue weighted by atomic mass is 16.4. The van der Waals surface area contributed by atoms with Crippen molar-refractivity contribution in [3.05, 3.63) is 24.3 Å². The molecule has 2 atom stereocenters. The lowest BCUT2D eigenvalue weighted by atomic mass is 9.85. The van der Waals surface area contributed by atoms with E-state index in [1.807, 2.05) is 26.2 Å². The van der Waals surface area contributed by atoms with Crippen LogP contribution in [-0.4, -0.2) is 31.2 Å². The largest absolute Gasteiger partial charge is 0.481 e. The molecule has 0 heterocycles. The van der Waals surface area contributed by atoms with E-state index in [1.165, 1.54) is 0 Å². The summed E-state index contributed by atoms with van der Waals surface area (Å²) in [6.45, 7) is 0. The minimum Gasteiger partial charge on any atom is -0.481 e. The van der Waals surface area contributed by atoms with E-state index in [9.17, 15) is 4.79 Å². The molecule has 0 saturated heterocycles. The first kappa shape index (κ1) is 13.7. The van der Waals surface area contributed by atoms with Gasteiger partial charge in [0, 0.05) is 20.1 Å². The van der Waals surface area contributed by atoms with E-state index in [2.05, 4.69) is 22.3 Å². The van der Waals surface area contributed by atoms with Crippen LogP contribution in [0.5, 0.6) is 0 Å². The quantitative estimate of drug-likeness (QED) is 0.876. The van der Waals surface area contributed by atoms with Gasteiger partial charge in [-0.1, -0.05) is 18.6 Å². The van der Waals surface area contributed by atoms with E-state index >= 15 is 0 Å². The molecule has 0 aliphatic heterocycles. The lowest BCUT2D eigenvalue weighted by Gasteiger charge is -2.29. The molecule has 19 heavy (non-hydrogen) atoms. The van der Waals surface area contributed by atoms with Gasteiger partial charge in [0.25, 0.3) is 0 Å². The first-order valence-corrected chi connectivity index (χ1v) is 6.83. The molecule has 4 heteroatoms. The normalized spacial score (nSPS) is 22.8. The highest BCUT2D eigenvalue weighted by Gasteiger charge is 2.27. The maximum absolute atomic E-state index is 11.1. The molecule has 1 saturated carbocycles. The molecule has 0 amide bonds. The van der Waals surface area contributed by atoms with E-state index in [0.29, 0.717) is 0 Å². The second kappa shape index (κ2) is 5.95. The van der Waals surface area contributed by atoms with Crippen molar-refractivity contribution in [3.8, 4) is 0 Å². The van der Waals surface area contributed by atoms with Crippen LogP contribution >= 0.6 is 0 Å². The second-order valence-corrected chi connectivity index (χ2v) is 5.45. The first-order valence-electron chi connectivity index (χ1n) is 6.83. The summed E-state index contributed by atoms with van der Waals surface area (Å²) < 4.78 is 0. The van der Waals surface area contributed by atoms with E-state index in [0.717, 1.165) is 37.1 Å². The number of carbonyl (C=O) groups is 1. The average Bonchev–Trinajstić information content (AvgIpc) is 2.39. The van der Waals surface area contributed by atoms with Gasteiger partial charge in [0.2, 0.25) is 0 Å². The van der Waals surface area contributed by atoms with Crippen molar-refractivity contribution < 1.29 is 9.90 Å². The van der Waals surface area contributed by atoms with Crippen LogP contribution in [0.3, 0.4) is 0 Å². The van der Waals surface area contributed by atoms with Crippen molar-refractivity contribution in [2.75, 3.05) is 24.3 Å². The molecular formula is C15H22N2O2. The predicted octanol–water partition coefficient (Wildman–Crippen LogP) is 2.81. The Morgan fingerprint density at radius 1 is 1.32 bits per heavy atom. The Balaban J connectivity index is 2.06. The van der Waals surface area contributed by atoms with Crippen LogP contribution in [0.1, 0.15) is 25.7 Å². The van der Waals surface area contributed by atoms with Gasteiger partial charge in [-0.25, -0.2) is 0 Å². The number of hydrogen-bond acceptors (Lipinski definition) is 3. The third-order valence-electron chi connectivity index (χ3n) is 3.77. The number of anilines is 2. The molecule has 1 aromatic rings. The van der Waals surface area contributed by atoms with Crippen molar-refractivity contribution in [1.82, 2.24) is 0 Å². The number of carboxylic acids is 1. The van der Waals surface area contributed by atoms with Crippen LogP contribution in [-0.2, 0) is 4.79 Å². The van der Waals surface area contributed by atoms with Crippen molar-refractivity contribution in [1.29, 1.82) is 0 Å². The number of nitrogens with one attached hydrogen (secondary N) is 1. The van der Waals surface area contributed by atoms with E-state index < -0.39 is 5.97 Å². The molecule has 1 aliphatic carbocycles. The summed E-state index contributed by atoms with van der Waals surface area (Å²) in [5, 5.41) is 12.6. The van der Waals surface area contributed by atoms with Crippen LogP contribution in [0.2, 0.25) is 0 Å². The van der Waals surface area contributed by atoms with Gasteiger partial charge in [-0.3, -0.25) is 4.79 Å². The maximum atomic E-state index is 11.1. The fourth-order valence-corrected chi connectivity index (χ4v) is 2.75. The van der Waals surface area contributed by atoms with Crippen LogP contribution in [0.25, 0.3) is 0 Å². The number of para-hydroxylation sites is 2. The molecule has 0 spiro atoms. The predicted molar refractivity (Wildman–Crippen MR) is 77.8 cm³/mol. The molecule has 2 unspecified atom stereocenters. The minimum atomic E-state index is -0.660. The summed E-state index contributed by atoms with van der Waals surface area (Å²) >= 11 is 0. The van der Waals surface area contributed by atoms with E-state index in [4.69, 9.17) is 5.11 Å². The van der Waals surface area contributed by atoms with E-state index in [1.54, 1.807) is 0 Å². The fraction of sp³-hybridized carbons (Fsp3) is 0.533. The minimum absolute atomic E-state index is 0.197. The summed E-state index contributed by atoms with van der Waals surface area (Å²) in [5.74, 6) is -0.856. The Hall–Kier alpha value is -1.71. The molecule has 1 aromatic carbocycles. The highest BCUT2D eigenvalue weighted by Crippen LogP contribution is 2.30. The molecule has 1 fully saturated rings. The average molecular weight is 262 g/mol. The van der Waals surface area contributed by atoms with Gasteiger partial charge in [0.15, 0.2) is 0 Å². The van der Waals surface area contributed by atoms with Crippen LogP contribution in [0.4, 0.5) is 11.4 Å². The Kier molecular flexibility index (Phi) is 4.30. The van der Waals surface area contributed by atoms with Crippen molar-refractivity contribution in [2.24, 2.45) is 5.92 Å². The SMILES string of the molecule is CN(C)c1ccccc1NC1CCCC(C(=O)O)C1. The summed E-state index contributed by atoms with van der Waals surface area (Å²) in [6, 6.07) is 8.41. The Morgan fingerprint density at radius 2 is 2.05 bits per heavy atom. The Bertz CT molecular complexity index is 446. The van der Waals surface area contributed by atoms with Crippen LogP contribution < -0.4 is 10.2 Å². The smallest absolute Gasteiger partial charge is 0.306 e. The third kappa shape index (κ3) is 3.40. The van der Waals surface area contributed by atoms with Gasteiger partial charge in [-0.15, -0.1) is 0 Å². The first-order chi connectivity index (χ1) is 9.08. The zero-order valence-electron chi connectivity index (χ0n) is 11.6. The molecule has 1 aliphatic rings. The van der Waals surface area contributed by atoms with Gasteiger partial charge in [0.05, 0.1) is 17.3 Å². The van der Waals surface area contributed by atoms with Crippen LogP contribution in [0, 0.1) is 5.92 Å². The van der Waals surface area contributed by atoms with Gasteiger partial charge in [-0.2, -0.15) is 0 Å². The van der Waals surface area contributed by atoms with E-state index in [-0.39, 0.29) is 12.0 Å². The van der Waals surface area contributed by atoms with Crippen molar-refractivity contribution in [2.45, 2.75) is 31.7 Å². The summed E-state index contributed by atoms with van der Waals surface area (Å²) in [5.41, 5.74) is 2.23.